The average Bonchev–Trinajstić information content (AvgIpc) is 2.36. The molecule has 1 N–H and O–H groups in total. The van der Waals surface area contributed by atoms with Crippen LogP contribution in [0.4, 0.5) is 11.4 Å². The van der Waals surface area contributed by atoms with Gasteiger partial charge in [-0.2, -0.15) is 0 Å². The lowest BCUT2D eigenvalue weighted by atomic mass is 10.2. The van der Waals surface area contributed by atoms with E-state index in [1.165, 1.54) is 23.1 Å². The molecule has 0 bridgehead atoms. The van der Waals surface area contributed by atoms with Crippen LogP contribution >= 0.6 is 0 Å². The second kappa shape index (κ2) is 6.53. The van der Waals surface area contributed by atoms with Crippen molar-refractivity contribution in [2.24, 2.45) is 0 Å². The molecule has 1 aromatic carbocycles. The summed E-state index contributed by atoms with van der Waals surface area (Å²) >= 11 is 0. The molecule has 0 heterocycles. The number of nitro benzene ring substituents is 1. The number of benzene rings is 1. The van der Waals surface area contributed by atoms with E-state index in [0.29, 0.717) is 0 Å². The number of rotatable bonds is 6. The summed E-state index contributed by atoms with van der Waals surface area (Å²) in [5.74, 6) is -0.135. The summed E-state index contributed by atoms with van der Waals surface area (Å²) in [7, 11) is -0.500. The molecule has 116 valence electrons. The molecule has 8 nitrogen and oxygen atoms in total. The van der Waals surface area contributed by atoms with Crippen LogP contribution < -0.4 is 5.32 Å². The van der Waals surface area contributed by atoms with Crippen LogP contribution in [-0.4, -0.2) is 51.0 Å². The first-order chi connectivity index (χ1) is 9.64. The molecule has 21 heavy (non-hydrogen) atoms. The summed E-state index contributed by atoms with van der Waals surface area (Å²) in [4.78, 5) is 22.9. The fourth-order valence-corrected chi connectivity index (χ4v) is 2.54. The van der Waals surface area contributed by atoms with Gasteiger partial charge in [0, 0.05) is 33.3 Å². The molecule has 0 saturated heterocycles. The van der Waals surface area contributed by atoms with Gasteiger partial charge in [-0.3, -0.25) is 14.9 Å². The predicted octanol–water partition coefficient (Wildman–Crippen LogP) is 0.889. The fraction of sp³-hybridized carbons (Fsp3) is 0.417. The van der Waals surface area contributed by atoms with Gasteiger partial charge < -0.3 is 10.2 Å². The number of hydrogen-bond donors (Lipinski definition) is 1. The lowest BCUT2D eigenvalue weighted by Gasteiger charge is -2.12. The van der Waals surface area contributed by atoms with Crippen LogP contribution in [0.3, 0.4) is 0 Å². The first-order valence-corrected chi connectivity index (χ1v) is 7.95. The van der Waals surface area contributed by atoms with Gasteiger partial charge >= 0.3 is 5.69 Å². The highest BCUT2D eigenvalue weighted by atomic mass is 32.2. The lowest BCUT2D eigenvalue weighted by Crippen LogP contribution is -2.24. The van der Waals surface area contributed by atoms with Gasteiger partial charge in [-0.1, -0.05) is 6.07 Å². The minimum atomic E-state index is -3.71. The van der Waals surface area contributed by atoms with E-state index < -0.39 is 20.4 Å². The molecule has 0 aliphatic carbocycles. The van der Waals surface area contributed by atoms with E-state index in [-0.39, 0.29) is 29.5 Å². The molecule has 0 radical (unpaired) electrons. The first-order valence-electron chi connectivity index (χ1n) is 6.06. The van der Waals surface area contributed by atoms with Crippen LogP contribution in [0.15, 0.2) is 23.1 Å². The zero-order valence-corrected chi connectivity index (χ0v) is 12.8. The molecule has 0 fully saturated rings. The normalized spacial score (nSPS) is 11.0. The monoisotopic (exact) mass is 315 g/mol. The van der Waals surface area contributed by atoms with E-state index in [4.69, 9.17) is 0 Å². The van der Waals surface area contributed by atoms with Crippen LogP contribution in [0.2, 0.25) is 0 Å². The van der Waals surface area contributed by atoms with Gasteiger partial charge in [0.15, 0.2) is 9.84 Å². The molecule has 1 aromatic rings. The second-order valence-electron chi connectivity index (χ2n) is 4.65. The average molecular weight is 315 g/mol. The Hall–Kier alpha value is -2.16. The Labute approximate surface area is 122 Å². The Kier molecular flexibility index (Phi) is 5.25. The highest BCUT2D eigenvalue weighted by molar-refractivity contribution is 7.90. The molecule has 1 amide bonds. The van der Waals surface area contributed by atoms with Gasteiger partial charge in [-0.15, -0.1) is 0 Å². The van der Waals surface area contributed by atoms with Gasteiger partial charge in [-0.05, 0) is 12.1 Å². The number of nitrogens with zero attached hydrogens (tertiary/aromatic N) is 2. The Balaban J connectivity index is 3.03. The molecular formula is C12H17N3O5S. The van der Waals surface area contributed by atoms with E-state index in [1.807, 2.05) is 0 Å². The van der Waals surface area contributed by atoms with Crippen molar-refractivity contribution in [2.45, 2.75) is 11.3 Å². The summed E-state index contributed by atoms with van der Waals surface area (Å²) in [6.07, 6.45) is 1.06. The Morgan fingerprint density at radius 3 is 2.48 bits per heavy atom. The molecular weight excluding hydrogens is 298 g/mol. The number of para-hydroxylation sites is 1. The molecule has 1 rings (SSSR count). The quantitative estimate of drug-likeness (QED) is 0.616. The topological polar surface area (TPSA) is 110 Å². The van der Waals surface area contributed by atoms with Crippen molar-refractivity contribution < 1.29 is 18.1 Å². The molecule has 9 heteroatoms. The Morgan fingerprint density at radius 1 is 1.38 bits per heavy atom. The van der Waals surface area contributed by atoms with Crippen molar-refractivity contribution in [1.29, 1.82) is 0 Å². The lowest BCUT2D eigenvalue weighted by molar-refractivity contribution is -0.386. The van der Waals surface area contributed by atoms with Crippen LogP contribution in [0, 0.1) is 10.1 Å². The standard InChI is InChI=1S/C12H17N3O5S/c1-14(2)11(16)7-8-13-9-5-4-6-10(21(3,19)20)12(9)15(17)18/h4-6,13H,7-8H2,1-3H3. The van der Waals surface area contributed by atoms with Gasteiger partial charge in [-0.25, -0.2) is 8.42 Å². The van der Waals surface area contributed by atoms with Crippen molar-refractivity contribution in [3.05, 3.63) is 28.3 Å². The van der Waals surface area contributed by atoms with Crippen molar-refractivity contribution >= 4 is 27.1 Å². The fourth-order valence-electron chi connectivity index (χ4n) is 1.68. The summed E-state index contributed by atoms with van der Waals surface area (Å²) in [5, 5.41) is 13.9. The number of hydrogen-bond acceptors (Lipinski definition) is 6. The first kappa shape index (κ1) is 16.9. The Morgan fingerprint density at radius 2 is 2.00 bits per heavy atom. The maximum atomic E-state index is 11.6. The highest BCUT2D eigenvalue weighted by Gasteiger charge is 2.25. The number of anilines is 1. The third-order valence-electron chi connectivity index (χ3n) is 2.73. The van der Waals surface area contributed by atoms with E-state index in [0.717, 1.165) is 6.26 Å². The van der Waals surface area contributed by atoms with Crippen molar-refractivity contribution in [1.82, 2.24) is 4.90 Å². The third-order valence-corrected chi connectivity index (χ3v) is 3.86. The van der Waals surface area contributed by atoms with E-state index in [9.17, 15) is 23.3 Å². The van der Waals surface area contributed by atoms with Gasteiger partial charge in [0.1, 0.15) is 10.6 Å². The summed E-state index contributed by atoms with van der Waals surface area (Å²) in [6.45, 7) is 0.172. The molecule has 0 saturated carbocycles. The predicted molar refractivity (Wildman–Crippen MR) is 78.0 cm³/mol. The minimum absolute atomic E-state index is 0.0782. The number of nitro groups is 1. The summed E-state index contributed by atoms with van der Waals surface area (Å²) in [6, 6.07) is 4.01. The van der Waals surface area contributed by atoms with E-state index in [2.05, 4.69) is 5.32 Å². The summed E-state index contributed by atoms with van der Waals surface area (Å²) < 4.78 is 23.2. The highest BCUT2D eigenvalue weighted by Crippen LogP contribution is 2.31. The maximum Gasteiger partial charge on any atom is 0.310 e. The van der Waals surface area contributed by atoms with Crippen LogP contribution in [0.5, 0.6) is 0 Å². The number of carbonyl (C=O) groups is 1. The smallest absolute Gasteiger partial charge is 0.310 e. The molecule has 0 unspecified atom stereocenters. The van der Waals surface area contributed by atoms with E-state index >= 15 is 0 Å². The molecule has 0 aliphatic heterocycles. The van der Waals surface area contributed by atoms with Gasteiger partial charge in [0.25, 0.3) is 0 Å². The van der Waals surface area contributed by atoms with Crippen molar-refractivity contribution in [3.8, 4) is 0 Å². The number of carbonyl (C=O) groups excluding carboxylic acids is 1. The molecule has 0 atom stereocenters. The SMILES string of the molecule is CN(C)C(=O)CCNc1cccc(S(C)(=O)=O)c1[N+](=O)[O-]. The molecule has 0 aliphatic rings. The zero-order valence-electron chi connectivity index (χ0n) is 12.0. The third kappa shape index (κ3) is 4.42. The summed E-state index contributed by atoms with van der Waals surface area (Å²) in [5.41, 5.74) is -0.424. The second-order valence-corrected chi connectivity index (χ2v) is 6.63. The zero-order chi connectivity index (χ0) is 16.2. The van der Waals surface area contributed by atoms with E-state index in [1.54, 1.807) is 14.1 Å². The van der Waals surface area contributed by atoms with Crippen LogP contribution in [-0.2, 0) is 14.6 Å². The van der Waals surface area contributed by atoms with Gasteiger partial charge in [0.2, 0.25) is 5.91 Å². The van der Waals surface area contributed by atoms with Crippen molar-refractivity contribution in [2.75, 3.05) is 32.2 Å². The molecule has 0 aromatic heterocycles. The maximum absolute atomic E-state index is 11.6. The van der Waals surface area contributed by atoms with Crippen LogP contribution in [0.25, 0.3) is 0 Å². The molecule has 0 spiro atoms. The largest absolute Gasteiger partial charge is 0.379 e. The Bertz CT molecular complexity index is 655. The van der Waals surface area contributed by atoms with Gasteiger partial charge in [0.05, 0.1) is 4.92 Å². The number of sulfone groups is 1. The van der Waals surface area contributed by atoms with Crippen molar-refractivity contribution in [3.63, 3.8) is 0 Å². The minimum Gasteiger partial charge on any atom is -0.379 e. The number of amides is 1. The number of nitrogens with one attached hydrogen (secondary N) is 1. The van der Waals surface area contributed by atoms with Crippen LogP contribution in [0.1, 0.15) is 6.42 Å².